The molecule has 1 atom stereocenters. The molecule has 0 saturated carbocycles. The van der Waals surface area contributed by atoms with Crippen LogP contribution in [0.1, 0.15) is 49.4 Å². The summed E-state index contributed by atoms with van der Waals surface area (Å²) < 4.78 is 2.11. The first-order chi connectivity index (χ1) is 9.75. The number of hydrogen-bond acceptors (Lipinski definition) is 3. The van der Waals surface area contributed by atoms with Crippen molar-refractivity contribution in [2.45, 2.75) is 40.2 Å². The molecule has 21 heavy (non-hydrogen) atoms. The van der Waals surface area contributed by atoms with Crippen LogP contribution in [0.25, 0.3) is 11.0 Å². The SMILES string of the molecule is Cc1nc2cc(C(=O)O)ccc2n1C(CCO)C(C)(C)C. The number of hydrogen-bond donors (Lipinski definition) is 2. The lowest BCUT2D eigenvalue weighted by molar-refractivity contribution is 0.0697. The van der Waals surface area contributed by atoms with E-state index < -0.39 is 5.97 Å². The van der Waals surface area contributed by atoms with Gasteiger partial charge in [-0.25, -0.2) is 9.78 Å². The molecule has 0 aliphatic carbocycles. The monoisotopic (exact) mass is 290 g/mol. The molecule has 0 radical (unpaired) electrons. The Balaban J connectivity index is 2.62. The predicted molar refractivity (Wildman–Crippen MR) is 81.6 cm³/mol. The van der Waals surface area contributed by atoms with Crippen LogP contribution in [-0.4, -0.2) is 32.3 Å². The van der Waals surface area contributed by atoms with E-state index in [4.69, 9.17) is 5.11 Å². The Morgan fingerprint density at radius 3 is 2.57 bits per heavy atom. The van der Waals surface area contributed by atoms with E-state index in [2.05, 4.69) is 30.3 Å². The second-order valence-corrected chi connectivity index (χ2v) is 6.43. The Kier molecular flexibility index (Phi) is 4.05. The lowest BCUT2D eigenvalue weighted by atomic mass is 9.84. The molecule has 0 amide bonds. The van der Waals surface area contributed by atoms with Gasteiger partial charge in [-0.05, 0) is 37.0 Å². The zero-order valence-corrected chi connectivity index (χ0v) is 12.9. The molecule has 2 rings (SSSR count). The first kappa shape index (κ1) is 15.5. The molecule has 2 aromatic rings. The number of aromatic carboxylic acids is 1. The van der Waals surface area contributed by atoms with Crippen LogP contribution in [0.5, 0.6) is 0 Å². The van der Waals surface area contributed by atoms with Gasteiger partial charge >= 0.3 is 5.97 Å². The van der Waals surface area contributed by atoms with Crippen molar-refractivity contribution in [2.24, 2.45) is 5.41 Å². The van der Waals surface area contributed by atoms with Gasteiger partial charge in [-0.15, -0.1) is 0 Å². The zero-order valence-electron chi connectivity index (χ0n) is 12.9. The van der Waals surface area contributed by atoms with E-state index in [1.54, 1.807) is 18.2 Å². The first-order valence-corrected chi connectivity index (χ1v) is 7.08. The number of aromatic nitrogens is 2. The van der Waals surface area contributed by atoms with Crippen molar-refractivity contribution >= 4 is 17.0 Å². The Hall–Kier alpha value is -1.88. The summed E-state index contributed by atoms with van der Waals surface area (Å²) in [6.07, 6.45) is 0.635. The number of aryl methyl sites for hydroxylation is 1. The number of benzene rings is 1. The predicted octanol–water partition coefficient (Wildman–Crippen LogP) is 3.01. The van der Waals surface area contributed by atoms with Gasteiger partial charge < -0.3 is 14.8 Å². The number of aliphatic hydroxyl groups is 1. The molecule has 114 valence electrons. The minimum Gasteiger partial charge on any atom is -0.478 e. The second kappa shape index (κ2) is 5.48. The third-order valence-electron chi connectivity index (χ3n) is 3.83. The number of nitrogens with zero attached hydrogens (tertiary/aromatic N) is 2. The summed E-state index contributed by atoms with van der Waals surface area (Å²) in [6.45, 7) is 8.41. The van der Waals surface area contributed by atoms with E-state index in [-0.39, 0.29) is 23.6 Å². The summed E-state index contributed by atoms with van der Waals surface area (Å²) in [5, 5.41) is 18.4. The van der Waals surface area contributed by atoms with Gasteiger partial charge in [-0.3, -0.25) is 0 Å². The minimum absolute atomic E-state index is 0.0351. The van der Waals surface area contributed by atoms with Crippen molar-refractivity contribution in [3.8, 4) is 0 Å². The third kappa shape index (κ3) is 2.93. The van der Waals surface area contributed by atoms with Crippen molar-refractivity contribution in [1.82, 2.24) is 9.55 Å². The molecule has 0 fully saturated rings. The Morgan fingerprint density at radius 2 is 2.05 bits per heavy atom. The summed E-state index contributed by atoms with van der Waals surface area (Å²) in [7, 11) is 0. The smallest absolute Gasteiger partial charge is 0.335 e. The molecule has 1 aromatic carbocycles. The number of carbonyl (C=O) groups is 1. The van der Waals surface area contributed by atoms with Crippen LogP contribution in [0, 0.1) is 12.3 Å². The van der Waals surface area contributed by atoms with Gasteiger partial charge in [0.25, 0.3) is 0 Å². The zero-order chi connectivity index (χ0) is 15.8. The van der Waals surface area contributed by atoms with Crippen LogP contribution in [0.3, 0.4) is 0 Å². The molecule has 0 aliphatic rings. The third-order valence-corrected chi connectivity index (χ3v) is 3.83. The van der Waals surface area contributed by atoms with Gasteiger partial charge in [0.2, 0.25) is 0 Å². The van der Waals surface area contributed by atoms with Gasteiger partial charge in [0, 0.05) is 12.6 Å². The van der Waals surface area contributed by atoms with Gasteiger partial charge in [-0.2, -0.15) is 0 Å². The number of carboxylic acid groups (broad SMARTS) is 1. The fourth-order valence-electron chi connectivity index (χ4n) is 2.82. The molecule has 1 unspecified atom stereocenters. The van der Waals surface area contributed by atoms with Crippen molar-refractivity contribution < 1.29 is 15.0 Å². The summed E-state index contributed by atoms with van der Waals surface area (Å²) in [4.78, 5) is 15.6. The molecular formula is C16H22N2O3. The molecule has 0 spiro atoms. The number of carboxylic acids is 1. The van der Waals surface area contributed by atoms with E-state index in [9.17, 15) is 9.90 Å². The van der Waals surface area contributed by atoms with Crippen LogP contribution in [0.4, 0.5) is 0 Å². The molecule has 0 aliphatic heterocycles. The van der Waals surface area contributed by atoms with Crippen molar-refractivity contribution in [3.05, 3.63) is 29.6 Å². The largest absolute Gasteiger partial charge is 0.478 e. The van der Waals surface area contributed by atoms with E-state index in [1.807, 2.05) is 6.92 Å². The van der Waals surface area contributed by atoms with E-state index in [0.717, 1.165) is 11.3 Å². The molecule has 2 N–H and O–H groups in total. The van der Waals surface area contributed by atoms with Crippen LogP contribution >= 0.6 is 0 Å². The Morgan fingerprint density at radius 1 is 1.38 bits per heavy atom. The normalized spacial score (nSPS) is 13.6. The Bertz CT molecular complexity index is 668. The van der Waals surface area contributed by atoms with Crippen LogP contribution in [0.15, 0.2) is 18.2 Å². The fourth-order valence-corrected chi connectivity index (χ4v) is 2.82. The lowest BCUT2D eigenvalue weighted by Crippen LogP contribution is -2.26. The fraction of sp³-hybridized carbons (Fsp3) is 0.500. The molecule has 1 heterocycles. The average Bonchev–Trinajstić information content (AvgIpc) is 2.69. The molecular weight excluding hydrogens is 268 g/mol. The maximum absolute atomic E-state index is 11.1. The quantitative estimate of drug-likeness (QED) is 0.907. The van der Waals surface area contributed by atoms with Crippen molar-refractivity contribution in [1.29, 1.82) is 0 Å². The summed E-state index contributed by atoms with van der Waals surface area (Å²) in [5.41, 5.74) is 1.79. The molecule has 0 saturated heterocycles. The van der Waals surface area contributed by atoms with Gasteiger partial charge in [0.15, 0.2) is 0 Å². The van der Waals surface area contributed by atoms with E-state index in [1.165, 1.54) is 0 Å². The van der Waals surface area contributed by atoms with Crippen LogP contribution in [0.2, 0.25) is 0 Å². The maximum Gasteiger partial charge on any atom is 0.335 e. The molecule has 5 heteroatoms. The van der Waals surface area contributed by atoms with Gasteiger partial charge in [-0.1, -0.05) is 20.8 Å². The van der Waals surface area contributed by atoms with Crippen molar-refractivity contribution in [3.63, 3.8) is 0 Å². The van der Waals surface area contributed by atoms with E-state index >= 15 is 0 Å². The van der Waals surface area contributed by atoms with Crippen molar-refractivity contribution in [2.75, 3.05) is 6.61 Å². The highest BCUT2D eigenvalue weighted by Crippen LogP contribution is 2.36. The number of aliphatic hydroxyl groups excluding tert-OH is 1. The molecule has 0 bridgehead atoms. The second-order valence-electron chi connectivity index (χ2n) is 6.43. The highest BCUT2D eigenvalue weighted by molar-refractivity contribution is 5.92. The Labute approximate surface area is 124 Å². The number of rotatable bonds is 4. The topological polar surface area (TPSA) is 75.3 Å². The summed E-state index contributed by atoms with van der Waals surface area (Å²) in [5.74, 6) is -0.118. The van der Waals surface area contributed by atoms with Gasteiger partial charge in [0.05, 0.1) is 16.6 Å². The molecule has 1 aromatic heterocycles. The van der Waals surface area contributed by atoms with Crippen LogP contribution < -0.4 is 0 Å². The summed E-state index contributed by atoms with van der Waals surface area (Å²) in [6, 6.07) is 5.10. The standard InChI is InChI=1S/C16H22N2O3/c1-10-17-12-9-11(15(20)21)5-6-13(12)18(10)14(7-8-19)16(2,3)4/h5-6,9,14,19H,7-8H2,1-4H3,(H,20,21). The molecule has 5 nitrogen and oxygen atoms in total. The highest BCUT2D eigenvalue weighted by atomic mass is 16.4. The van der Waals surface area contributed by atoms with Gasteiger partial charge in [0.1, 0.15) is 5.82 Å². The first-order valence-electron chi connectivity index (χ1n) is 7.08. The maximum atomic E-state index is 11.1. The van der Waals surface area contributed by atoms with Crippen LogP contribution in [-0.2, 0) is 0 Å². The average molecular weight is 290 g/mol. The number of imidazole rings is 1. The van der Waals surface area contributed by atoms with E-state index in [0.29, 0.717) is 11.9 Å². The lowest BCUT2D eigenvalue weighted by Gasteiger charge is -2.33. The highest BCUT2D eigenvalue weighted by Gasteiger charge is 2.28. The summed E-state index contributed by atoms with van der Waals surface area (Å²) >= 11 is 0. The number of fused-ring (bicyclic) bond motifs is 1. The minimum atomic E-state index is -0.952.